The van der Waals surface area contributed by atoms with Crippen molar-refractivity contribution >= 4 is 26.5 Å². The minimum Gasteiger partial charge on any atom is -0.507 e. The van der Waals surface area contributed by atoms with Gasteiger partial charge >= 0.3 is 0 Å². The lowest BCUT2D eigenvalue weighted by Gasteiger charge is -2.27. The fourth-order valence-corrected chi connectivity index (χ4v) is 3.97. The summed E-state index contributed by atoms with van der Waals surface area (Å²) < 4.78 is 3.24. The third kappa shape index (κ3) is 3.24. The van der Waals surface area contributed by atoms with E-state index < -0.39 is 0 Å². The highest BCUT2D eigenvalue weighted by Gasteiger charge is 2.27. The summed E-state index contributed by atoms with van der Waals surface area (Å²) in [5, 5.41) is 13.3. The molecule has 0 amide bonds. The van der Waals surface area contributed by atoms with Crippen molar-refractivity contribution in [3.63, 3.8) is 0 Å². The second-order valence-electron chi connectivity index (χ2n) is 9.30. The fourth-order valence-electron chi connectivity index (χ4n) is 3.45. The highest BCUT2D eigenvalue weighted by Crippen LogP contribution is 2.41. The molecule has 1 aliphatic rings. The number of aromatic nitrogens is 2. The number of imidazole rings is 1. The van der Waals surface area contributed by atoms with Gasteiger partial charge in [-0.1, -0.05) is 69.6 Å². The predicted octanol–water partition coefficient (Wildman–Crippen LogP) is 4.47. The number of fused-ring (bicyclic) bond motifs is 1. The van der Waals surface area contributed by atoms with Crippen molar-refractivity contribution < 1.29 is 5.11 Å². The number of benzene rings is 1. The first-order valence-corrected chi connectivity index (χ1v) is 10.0. The van der Waals surface area contributed by atoms with Crippen molar-refractivity contribution in [1.82, 2.24) is 9.55 Å². The minimum absolute atomic E-state index is 0.00787. The molecule has 0 fully saturated rings. The summed E-state index contributed by atoms with van der Waals surface area (Å²) in [4.78, 5) is 4.90. The van der Waals surface area contributed by atoms with Crippen LogP contribution >= 0.6 is 15.9 Å². The van der Waals surface area contributed by atoms with Crippen molar-refractivity contribution in [1.29, 1.82) is 0 Å². The molecule has 0 saturated heterocycles. The number of phenols is 1. The van der Waals surface area contributed by atoms with Gasteiger partial charge < -0.3 is 9.67 Å². The first kappa shape index (κ1) is 19.2. The van der Waals surface area contributed by atoms with E-state index >= 15 is 0 Å². The van der Waals surface area contributed by atoms with Gasteiger partial charge in [0, 0.05) is 17.1 Å². The molecule has 3 nitrogen and oxygen atoms in total. The summed E-state index contributed by atoms with van der Waals surface area (Å²) in [5.41, 5.74) is 2.83. The zero-order valence-electron chi connectivity index (χ0n) is 16.9. The zero-order chi connectivity index (χ0) is 19.4. The minimum atomic E-state index is -0.149. The zero-order valence-corrected chi connectivity index (χ0v) is 18.5. The molecule has 1 aromatic heterocycles. The number of hydrogen-bond donors (Lipinski definition) is 1. The lowest BCUT2D eigenvalue weighted by atomic mass is 9.79. The molecule has 140 valence electrons. The number of rotatable bonds is 1. The van der Waals surface area contributed by atoms with Gasteiger partial charge in [0.2, 0.25) is 0 Å². The van der Waals surface area contributed by atoms with Gasteiger partial charge in [0.25, 0.3) is 0 Å². The number of nitrogens with zero attached hydrogens (tertiary/aromatic N) is 2. The molecule has 0 radical (unpaired) electrons. The van der Waals surface area contributed by atoms with Crippen LogP contribution in [-0.2, 0) is 17.9 Å². The highest BCUT2D eigenvalue weighted by molar-refractivity contribution is 9.14. The lowest BCUT2D eigenvalue weighted by molar-refractivity contribution is 0.446. The van der Waals surface area contributed by atoms with Crippen LogP contribution in [0.3, 0.4) is 0 Å². The molecule has 0 aliphatic heterocycles. The van der Waals surface area contributed by atoms with Crippen LogP contribution in [0.25, 0.3) is 21.9 Å². The van der Waals surface area contributed by atoms with Crippen molar-refractivity contribution in [3.05, 3.63) is 34.0 Å². The summed E-state index contributed by atoms with van der Waals surface area (Å²) in [5.74, 6) is 1.16. The summed E-state index contributed by atoms with van der Waals surface area (Å²) in [6.07, 6.45) is 4.21. The van der Waals surface area contributed by atoms with E-state index in [9.17, 15) is 5.11 Å². The monoisotopic (exact) mass is 416 g/mol. The standard InChI is InChI=1S/C22H29BrN2O/c1-21(2,3)13-11-14(19(26)15(12-13)22(4,5)6)20-24-18-16(23)9-8-10-17(18)25(20)7/h10-12,26H,8-9H2,1-7H3. The topological polar surface area (TPSA) is 38.0 Å². The first-order chi connectivity index (χ1) is 11.9. The Hall–Kier alpha value is -1.55. The highest BCUT2D eigenvalue weighted by atomic mass is 79.9. The smallest absolute Gasteiger partial charge is 0.144 e. The Bertz CT molecular complexity index is 985. The Labute approximate surface area is 164 Å². The number of hydrogen-bond acceptors (Lipinski definition) is 2. The summed E-state index contributed by atoms with van der Waals surface area (Å²) in [6, 6.07) is 4.25. The Kier molecular flexibility index (Phi) is 4.63. The molecule has 0 atom stereocenters. The van der Waals surface area contributed by atoms with Crippen LogP contribution in [0.15, 0.2) is 12.1 Å². The van der Waals surface area contributed by atoms with Gasteiger partial charge in [-0.3, -0.25) is 0 Å². The average Bonchev–Trinajstić information content (AvgIpc) is 2.84. The van der Waals surface area contributed by atoms with E-state index in [2.05, 4.69) is 80.2 Å². The van der Waals surface area contributed by atoms with Crippen LogP contribution in [0.1, 0.15) is 65.5 Å². The molecule has 3 rings (SSSR count). The average molecular weight is 417 g/mol. The molecule has 1 N–H and O–H groups in total. The Morgan fingerprint density at radius 3 is 2.27 bits per heavy atom. The lowest BCUT2D eigenvalue weighted by Crippen LogP contribution is -2.32. The molecule has 26 heavy (non-hydrogen) atoms. The largest absolute Gasteiger partial charge is 0.507 e. The second kappa shape index (κ2) is 6.26. The van der Waals surface area contributed by atoms with Crippen LogP contribution in [0.2, 0.25) is 0 Å². The maximum atomic E-state index is 11.1. The van der Waals surface area contributed by atoms with Crippen LogP contribution < -0.4 is 10.7 Å². The third-order valence-electron chi connectivity index (χ3n) is 5.12. The van der Waals surface area contributed by atoms with Gasteiger partial charge in [0.05, 0.1) is 16.3 Å². The molecule has 0 saturated carbocycles. The van der Waals surface area contributed by atoms with Crippen molar-refractivity contribution in [3.8, 4) is 17.1 Å². The first-order valence-electron chi connectivity index (χ1n) is 9.21. The fraction of sp³-hybridized carbons (Fsp3) is 0.500. The number of halogens is 1. The van der Waals surface area contributed by atoms with E-state index in [0.717, 1.165) is 45.0 Å². The van der Waals surface area contributed by atoms with E-state index in [0.29, 0.717) is 5.75 Å². The van der Waals surface area contributed by atoms with E-state index in [1.807, 2.05) is 7.05 Å². The molecule has 2 aromatic rings. The van der Waals surface area contributed by atoms with Gasteiger partial charge in [-0.2, -0.15) is 0 Å². The van der Waals surface area contributed by atoms with Gasteiger partial charge in [-0.05, 0) is 35.3 Å². The Morgan fingerprint density at radius 1 is 1.08 bits per heavy atom. The van der Waals surface area contributed by atoms with Gasteiger partial charge in [-0.25, -0.2) is 4.98 Å². The predicted molar refractivity (Wildman–Crippen MR) is 113 cm³/mol. The molecule has 0 spiro atoms. The summed E-state index contributed by atoms with van der Waals surface area (Å²) in [6.45, 7) is 13.0. The van der Waals surface area contributed by atoms with Crippen molar-refractivity contribution in [2.75, 3.05) is 0 Å². The molecule has 1 heterocycles. The van der Waals surface area contributed by atoms with E-state index in [1.54, 1.807) is 0 Å². The van der Waals surface area contributed by atoms with E-state index in [-0.39, 0.29) is 10.8 Å². The van der Waals surface area contributed by atoms with E-state index in [1.165, 1.54) is 5.56 Å². The normalized spacial score (nSPS) is 15.0. The molecular formula is C22H29BrN2O. The molecule has 1 aromatic carbocycles. The second-order valence-corrected chi connectivity index (χ2v) is 10.3. The maximum Gasteiger partial charge on any atom is 0.144 e. The number of aromatic hydroxyl groups is 1. The molecule has 4 heteroatoms. The number of phenolic OH excluding ortho intramolecular Hbond substituents is 1. The van der Waals surface area contributed by atoms with Gasteiger partial charge in [-0.15, -0.1) is 0 Å². The summed E-state index contributed by atoms with van der Waals surface area (Å²) >= 11 is 3.68. The van der Waals surface area contributed by atoms with Gasteiger partial charge in [0.15, 0.2) is 0 Å². The molecule has 1 aliphatic carbocycles. The van der Waals surface area contributed by atoms with Crippen LogP contribution in [-0.4, -0.2) is 14.7 Å². The van der Waals surface area contributed by atoms with Crippen LogP contribution in [0.5, 0.6) is 5.75 Å². The molecule has 0 unspecified atom stereocenters. The summed E-state index contributed by atoms with van der Waals surface area (Å²) in [7, 11) is 2.03. The Balaban J connectivity index is 2.39. The van der Waals surface area contributed by atoms with Crippen molar-refractivity contribution in [2.24, 2.45) is 7.05 Å². The van der Waals surface area contributed by atoms with E-state index in [4.69, 9.17) is 4.98 Å². The maximum absolute atomic E-state index is 11.1. The van der Waals surface area contributed by atoms with Crippen LogP contribution in [0, 0.1) is 0 Å². The van der Waals surface area contributed by atoms with Crippen LogP contribution in [0.4, 0.5) is 0 Å². The Morgan fingerprint density at radius 2 is 1.73 bits per heavy atom. The van der Waals surface area contributed by atoms with Crippen molar-refractivity contribution in [2.45, 2.75) is 65.2 Å². The van der Waals surface area contributed by atoms with Gasteiger partial charge in [0.1, 0.15) is 11.6 Å². The third-order valence-corrected chi connectivity index (χ3v) is 5.89. The SMILES string of the molecule is Cn1c(-c2cc(C(C)(C)C)cc(C(C)(C)C)c2O)nc2c1=CCCC=2Br. The molecule has 0 bridgehead atoms. The quantitative estimate of drug-likeness (QED) is 0.744. The molecular weight excluding hydrogens is 388 g/mol.